The normalized spacial score (nSPS) is 17.9. The van der Waals surface area contributed by atoms with Gasteiger partial charge in [0.2, 0.25) is 6.79 Å². The van der Waals surface area contributed by atoms with E-state index in [1.54, 1.807) is 7.11 Å². The Morgan fingerprint density at radius 1 is 1.16 bits per heavy atom. The van der Waals surface area contributed by atoms with Gasteiger partial charge in [-0.1, -0.05) is 19.1 Å². The van der Waals surface area contributed by atoms with Gasteiger partial charge in [0.1, 0.15) is 5.75 Å². The Bertz CT molecular complexity index is 933. The summed E-state index contributed by atoms with van der Waals surface area (Å²) >= 11 is 0. The van der Waals surface area contributed by atoms with E-state index in [2.05, 4.69) is 23.2 Å². The van der Waals surface area contributed by atoms with Crippen molar-refractivity contribution < 1.29 is 23.7 Å². The number of piperidine rings is 1. The number of nitrogens with zero attached hydrogens (tertiary/aromatic N) is 1. The highest BCUT2D eigenvalue weighted by Crippen LogP contribution is 2.37. The average molecular weight is 441 g/mol. The van der Waals surface area contributed by atoms with Crippen LogP contribution in [0.4, 0.5) is 0 Å². The number of benzene rings is 2. The van der Waals surface area contributed by atoms with Crippen molar-refractivity contribution in [1.82, 2.24) is 10.2 Å². The van der Waals surface area contributed by atoms with Crippen LogP contribution in [0.15, 0.2) is 36.4 Å². The van der Waals surface area contributed by atoms with Gasteiger partial charge in [-0.2, -0.15) is 0 Å². The highest BCUT2D eigenvalue weighted by molar-refractivity contribution is 5.77. The Morgan fingerprint density at radius 3 is 2.81 bits per heavy atom. The highest BCUT2D eigenvalue weighted by Gasteiger charge is 2.19. The standard InChI is InChI=1S/C25H32N2O5/c1-18-4-3-10-27(14-18)15-21-12-19(20-6-8-23-24(13-20)32-17-31-23)5-7-22(21)30-16-25(28)26-9-11-29-2/h5-8,12-13,18H,3-4,9-11,14-17H2,1-2H3,(H,26,28). The van der Waals surface area contributed by atoms with E-state index in [4.69, 9.17) is 18.9 Å². The van der Waals surface area contributed by atoms with Gasteiger partial charge in [-0.3, -0.25) is 9.69 Å². The number of carbonyl (C=O) groups excluding carboxylic acids is 1. The maximum atomic E-state index is 12.1. The van der Waals surface area contributed by atoms with Crippen LogP contribution >= 0.6 is 0 Å². The van der Waals surface area contributed by atoms with E-state index >= 15 is 0 Å². The van der Waals surface area contributed by atoms with Crippen LogP contribution in [-0.4, -0.2) is 57.6 Å². The molecule has 1 unspecified atom stereocenters. The fourth-order valence-corrected chi connectivity index (χ4v) is 4.26. The van der Waals surface area contributed by atoms with Crippen molar-refractivity contribution in [2.75, 3.05) is 46.8 Å². The number of rotatable bonds is 9. The molecule has 1 atom stereocenters. The SMILES string of the molecule is COCCNC(=O)COc1ccc(-c2ccc3c(c2)OCO3)cc1CN1CCCC(C)C1. The van der Waals surface area contributed by atoms with Gasteiger partial charge in [0.05, 0.1) is 6.61 Å². The number of methoxy groups -OCH3 is 1. The summed E-state index contributed by atoms with van der Waals surface area (Å²) in [4.78, 5) is 14.6. The molecule has 1 amide bonds. The van der Waals surface area contributed by atoms with Gasteiger partial charge >= 0.3 is 0 Å². The van der Waals surface area contributed by atoms with Gasteiger partial charge in [-0.25, -0.2) is 0 Å². The van der Waals surface area contributed by atoms with Crippen LogP contribution in [0.1, 0.15) is 25.3 Å². The number of likely N-dealkylation sites (tertiary alicyclic amines) is 1. The maximum absolute atomic E-state index is 12.1. The van der Waals surface area contributed by atoms with Crippen molar-refractivity contribution in [3.63, 3.8) is 0 Å². The molecule has 2 aromatic rings. The fourth-order valence-electron chi connectivity index (χ4n) is 4.26. The predicted molar refractivity (Wildman–Crippen MR) is 122 cm³/mol. The molecule has 0 radical (unpaired) electrons. The molecule has 2 heterocycles. The summed E-state index contributed by atoms with van der Waals surface area (Å²) in [6.45, 7) is 6.45. The summed E-state index contributed by atoms with van der Waals surface area (Å²) in [6, 6.07) is 12.1. The van der Waals surface area contributed by atoms with Crippen molar-refractivity contribution in [3.05, 3.63) is 42.0 Å². The van der Waals surface area contributed by atoms with Crippen LogP contribution in [0.3, 0.4) is 0 Å². The van der Waals surface area contributed by atoms with E-state index in [1.807, 2.05) is 30.3 Å². The van der Waals surface area contributed by atoms with Gasteiger partial charge in [-0.05, 0) is 60.7 Å². The van der Waals surface area contributed by atoms with E-state index in [0.29, 0.717) is 19.1 Å². The van der Waals surface area contributed by atoms with Gasteiger partial charge in [-0.15, -0.1) is 0 Å². The number of nitrogens with one attached hydrogen (secondary N) is 1. The van der Waals surface area contributed by atoms with E-state index < -0.39 is 0 Å². The average Bonchev–Trinajstić information content (AvgIpc) is 3.26. The quantitative estimate of drug-likeness (QED) is 0.603. The molecule has 1 fully saturated rings. The third-order valence-electron chi connectivity index (χ3n) is 5.89. The first-order valence-electron chi connectivity index (χ1n) is 11.3. The number of hydrogen-bond donors (Lipinski definition) is 1. The zero-order valence-electron chi connectivity index (χ0n) is 18.9. The number of carbonyl (C=O) groups is 1. The molecule has 4 rings (SSSR count). The zero-order valence-corrected chi connectivity index (χ0v) is 18.9. The van der Waals surface area contributed by atoms with E-state index in [1.165, 1.54) is 12.8 Å². The number of ether oxygens (including phenoxy) is 4. The van der Waals surface area contributed by atoms with Crippen molar-refractivity contribution in [2.24, 2.45) is 5.92 Å². The molecule has 0 bridgehead atoms. The molecule has 2 aromatic carbocycles. The molecule has 1 N–H and O–H groups in total. The Morgan fingerprint density at radius 2 is 1.97 bits per heavy atom. The van der Waals surface area contributed by atoms with Crippen LogP contribution in [0.2, 0.25) is 0 Å². The molecule has 1 saturated heterocycles. The van der Waals surface area contributed by atoms with Crippen LogP contribution < -0.4 is 19.5 Å². The summed E-state index contributed by atoms with van der Waals surface area (Å²) in [5, 5.41) is 2.80. The molecular weight excluding hydrogens is 408 g/mol. The topological polar surface area (TPSA) is 69.3 Å². The highest BCUT2D eigenvalue weighted by atomic mass is 16.7. The van der Waals surface area contributed by atoms with Gasteiger partial charge in [0.25, 0.3) is 5.91 Å². The molecular formula is C25H32N2O5. The second kappa shape index (κ2) is 10.7. The summed E-state index contributed by atoms with van der Waals surface area (Å²) < 4.78 is 21.9. The molecule has 32 heavy (non-hydrogen) atoms. The van der Waals surface area contributed by atoms with Crippen molar-refractivity contribution >= 4 is 5.91 Å². The van der Waals surface area contributed by atoms with Crippen molar-refractivity contribution in [1.29, 1.82) is 0 Å². The Balaban J connectivity index is 1.52. The van der Waals surface area contributed by atoms with Crippen molar-refractivity contribution in [3.8, 4) is 28.4 Å². The second-order valence-corrected chi connectivity index (χ2v) is 8.50. The number of hydrogen-bond acceptors (Lipinski definition) is 6. The Hall–Kier alpha value is -2.77. The molecule has 7 nitrogen and oxygen atoms in total. The Labute approximate surface area is 189 Å². The minimum absolute atomic E-state index is 0.0174. The van der Waals surface area contributed by atoms with E-state index in [9.17, 15) is 4.79 Å². The van der Waals surface area contributed by atoms with Gasteiger partial charge in [0, 0.05) is 32.3 Å². The van der Waals surface area contributed by atoms with Gasteiger partial charge in [0.15, 0.2) is 18.1 Å². The van der Waals surface area contributed by atoms with Crippen LogP contribution in [-0.2, 0) is 16.1 Å². The summed E-state index contributed by atoms with van der Waals surface area (Å²) in [5.74, 6) is 2.82. The van der Waals surface area contributed by atoms with E-state index in [0.717, 1.165) is 53.6 Å². The lowest BCUT2D eigenvalue weighted by Crippen LogP contribution is -2.34. The maximum Gasteiger partial charge on any atom is 0.258 e. The lowest BCUT2D eigenvalue weighted by Gasteiger charge is -2.31. The molecule has 0 aromatic heterocycles. The van der Waals surface area contributed by atoms with Crippen LogP contribution in [0.5, 0.6) is 17.2 Å². The molecule has 0 saturated carbocycles. The lowest BCUT2D eigenvalue weighted by atomic mass is 9.98. The molecule has 0 spiro atoms. The summed E-state index contributed by atoms with van der Waals surface area (Å²) in [6.07, 6.45) is 2.49. The summed E-state index contributed by atoms with van der Waals surface area (Å²) in [7, 11) is 1.61. The van der Waals surface area contributed by atoms with Crippen LogP contribution in [0.25, 0.3) is 11.1 Å². The molecule has 2 aliphatic rings. The van der Waals surface area contributed by atoms with Gasteiger partial charge < -0.3 is 24.3 Å². The first-order chi connectivity index (χ1) is 15.6. The predicted octanol–water partition coefficient (Wildman–Crippen LogP) is 3.46. The third-order valence-corrected chi connectivity index (χ3v) is 5.89. The lowest BCUT2D eigenvalue weighted by molar-refractivity contribution is -0.123. The molecule has 172 valence electrons. The largest absolute Gasteiger partial charge is 0.483 e. The molecule has 0 aliphatic carbocycles. The van der Waals surface area contributed by atoms with E-state index in [-0.39, 0.29) is 19.3 Å². The van der Waals surface area contributed by atoms with Crippen molar-refractivity contribution in [2.45, 2.75) is 26.3 Å². The minimum Gasteiger partial charge on any atom is -0.483 e. The second-order valence-electron chi connectivity index (χ2n) is 8.50. The molecule has 7 heteroatoms. The monoisotopic (exact) mass is 440 g/mol. The summed E-state index contributed by atoms with van der Waals surface area (Å²) in [5.41, 5.74) is 3.23. The smallest absolute Gasteiger partial charge is 0.258 e. The third kappa shape index (κ3) is 5.72. The Kier molecular flexibility index (Phi) is 7.50. The first-order valence-corrected chi connectivity index (χ1v) is 11.3. The minimum atomic E-state index is -0.153. The number of fused-ring (bicyclic) bond motifs is 1. The number of amides is 1. The van der Waals surface area contributed by atoms with Crippen LogP contribution in [0, 0.1) is 5.92 Å². The first kappa shape index (κ1) is 22.4. The zero-order chi connectivity index (χ0) is 22.3. The molecule has 2 aliphatic heterocycles. The fraction of sp³-hybridized carbons (Fsp3) is 0.480.